The zero-order valence-corrected chi connectivity index (χ0v) is 21.0. The van der Waals surface area contributed by atoms with Crippen molar-refractivity contribution in [3.05, 3.63) is 92.8 Å². The third kappa shape index (κ3) is 5.80. The largest absolute Gasteiger partial charge is 0.484 e. The normalized spacial score (nSPS) is 14.6. The molecule has 0 saturated carbocycles. The second-order valence-electron chi connectivity index (χ2n) is 7.37. The predicted octanol–water partition coefficient (Wildman–Crippen LogP) is 6.73. The lowest BCUT2D eigenvalue weighted by Crippen LogP contribution is -2.28. The summed E-state index contributed by atoms with van der Waals surface area (Å²) in [5.41, 5.74) is 3.07. The van der Waals surface area contributed by atoms with E-state index in [4.69, 9.17) is 40.2 Å². The number of thioether (sulfide) groups is 1. The third-order valence-electron chi connectivity index (χ3n) is 4.84. The first-order valence-electron chi connectivity index (χ1n) is 10.1. The van der Waals surface area contributed by atoms with E-state index in [1.54, 1.807) is 41.3 Å². The summed E-state index contributed by atoms with van der Waals surface area (Å²) in [6, 6.07) is 19.5. The fourth-order valence-electron chi connectivity index (χ4n) is 3.27. The number of anilines is 2. The zero-order valence-electron chi connectivity index (χ0n) is 17.9. The quantitative estimate of drug-likeness (QED) is 0.284. The molecule has 1 fully saturated rings. The molecule has 172 valence electrons. The number of ether oxygens (including phenoxy) is 1. The SMILES string of the molecule is Cc1ccccc1N1C(=O)/C(=C/c2ccc(OCC(=O)Nc3cc(Cl)cc(Cl)c3)cc2)SC1=S. The van der Waals surface area contributed by atoms with Crippen molar-refractivity contribution in [3.63, 3.8) is 0 Å². The fraction of sp³-hybridized carbons (Fsp3) is 0.0800. The van der Waals surface area contributed by atoms with Crippen LogP contribution in [-0.4, -0.2) is 22.7 Å². The van der Waals surface area contributed by atoms with E-state index in [0.29, 0.717) is 30.7 Å². The van der Waals surface area contributed by atoms with Crippen molar-refractivity contribution in [3.8, 4) is 5.75 Å². The van der Waals surface area contributed by atoms with Crippen LogP contribution in [0.1, 0.15) is 11.1 Å². The lowest BCUT2D eigenvalue weighted by atomic mass is 10.1. The van der Waals surface area contributed by atoms with E-state index in [-0.39, 0.29) is 18.4 Å². The summed E-state index contributed by atoms with van der Waals surface area (Å²) in [5, 5.41) is 3.54. The van der Waals surface area contributed by atoms with Gasteiger partial charge in [0, 0.05) is 15.7 Å². The molecule has 1 aliphatic heterocycles. The molecule has 0 atom stereocenters. The number of rotatable bonds is 6. The van der Waals surface area contributed by atoms with Gasteiger partial charge in [-0.25, -0.2) is 0 Å². The molecule has 0 aromatic heterocycles. The maximum absolute atomic E-state index is 13.0. The van der Waals surface area contributed by atoms with Crippen LogP contribution in [-0.2, 0) is 9.59 Å². The first-order chi connectivity index (χ1) is 16.3. The summed E-state index contributed by atoms with van der Waals surface area (Å²) in [6.07, 6.45) is 1.79. The first-order valence-corrected chi connectivity index (χ1v) is 12.1. The molecule has 0 spiro atoms. The van der Waals surface area contributed by atoms with Crippen molar-refractivity contribution in [2.75, 3.05) is 16.8 Å². The highest BCUT2D eigenvalue weighted by atomic mass is 35.5. The molecular formula is C25H18Cl2N2O3S2. The second kappa shape index (κ2) is 10.6. The number of aryl methyl sites for hydroxylation is 1. The Bertz CT molecular complexity index is 1290. The highest BCUT2D eigenvalue weighted by Gasteiger charge is 2.33. The number of carbonyl (C=O) groups is 2. The molecule has 0 radical (unpaired) electrons. The van der Waals surface area contributed by atoms with Crippen molar-refractivity contribution in [1.29, 1.82) is 0 Å². The maximum Gasteiger partial charge on any atom is 0.270 e. The number of halogens is 2. The minimum absolute atomic E-state index is 0.151. The number of hydrogen-bond acceptors (Lipinski definition) is 5. The molecule has 5 nitrogen and oxygen atoms in total. The lowest BCUT2D eigenvalue weighted by Gasteiger charge is -2.16. The molecule has 34 heavy (non-hydrogen) atoms. The molecule has 0 unspecified atom stereocenters. The molecule has 3 aromatic rings. The van der Waals surface area contributed by atoms with Crippen molar-refractivity contribution in [2.24, 2.45) is 0 Å². The number of amides is 2. The van der Waals surface area contributed by atoms with E-state index in [2.05, 4.69) is 5.32 Å². The molecule has 1 saturated heterocycles. The summed E-state index contributed by atoms with van der Waals surface area (Å²) in [6.45, 7) is 1.76. The van der Waals surface area contributed by atoms with E-state index in [0.717, 1.165) is 16.8 Å². The highest BCUT2D eigenvalue weighted by molar-refractivity contribution is 8.27. The minimum Gasteiger partial charge on any atom is -0.484 e. The molecule has 0 bridgehead atoms. The van der Waals surface area contributed by atoms with E-state index >= 15 is 0 Å². The second-order valence-corrected chi connectivity index (χ2v) is 9.92. The van der Waals surface area contributed by atoms with Crippen LogP contribution in [0.4, 0.5) is 11.4 Å². The summed E-state index contributed by atoms with van der Waals surface area (Å²) >= 11 is 18.6. The molecule has 0 aliphatic carbocycles. The number of hydrogen-bond donors (Lipinski definition) is 1. The van der Waals surface area contributed by atoms with E-state index in [9.17, 15) is 9.59 Å². The van der Waals surface area contributed by atoms with E-state index in [1.165, 1.54) is 11.8 Å². The number of benzene rings is 3. The topological polar surface area (TPSA) is 58.6 Å². The Hall–Kier alpha value is -2.84. The van der Waals surface area contributed by atoms with Gasteiger partial charge >= 0.3 is 0 Å². The van der Waals surface area contributed by atoms with Gasteiger partial charge in [-0.1, -0.05) is 77.5 Å². The molecule has 1 N–H and O–H groups in total. The van der Waals surface area contributed by atoms with Crippen molar-refractivity contribution < 1.29 is 14.3 Å². The third-order valence-corrected chi connectivity index (χ3v) is 6.58. The Morgan fingerprint density at radius 1 is 1.09 bits per heavy atom. The van der Waals surface area contributed by atoms with Gasteiger partial charge in [0.05, 0.1) is 10.6 Å². The van der Waals surface area contributed by atoms with Crippen molar-refractivity contribution in [2.45, 2.75) is 6.92 Å². The summed E-state index contributed by atoms with van der Waals surface area (Å²) in [5.74, 6) is 0.0218. The van der Waals surface area contributed by atoms with Crippen LogP contribution in [0.2, 0.25) is 10.0 Å². The fourth-order valence-corrected chi connectivity index (χ4v) is 5.08. The van der Waals surface area contributed by atoms with Gasteiger partial charge in [0.25, 0.3) is 11.8 Å². The van der Waals surface area contributed by atoms with Gasteiger partial charge in [-0.2, -0.15) is 0 Å². The van der Waals surface area contributed by atoms with Crippen LogP contribution in [0, 0.1) is 6.92 Å². The first kappa shape index (κ1) is 24.3. The Morgan fingerprint density at radius 3 is 2.44 bits per heavy atom. The predicted molar refractivity (Wildman–Crippen MR) is 144 cm³/mol. The van der Waals surface area contributed by atoms with Crippen LogP contribution in [0.25, 0.3) is 6.08 Å². The minimum atomic E-state index is -0.345. The molecule has 3 aromatic carbocycles. The van der Waals surface area contributed by atoms with Gasteiger partial charge in [-0.3, -0.25) is 14.5 Å². The van der Waals surface area contributed by atoms with E-state index in [1.807, 2.05) is 43.3 Å². The van der Waals surface area contributed by atoms with Crippen molar-refractivity contribution >= 4 is 80.8 Å². The summed E-state index contributed by atoms with van der Waals surface area (Å²) in [7, 11) is 0. The molecule has 9 heteroatoms. The zero-order chi connectivity index (χ0) is 24.2. The standard InChI is InChI=1S/C25H18Cl2N2O3S2/c1-15-4-2-3-5-21(15)29-24(31)22(34-25(29)33)10-16-6-8-20(9-7-16)32-14-23(30)28-19-12-17(26)11-18(27)13-19/h2-13H,14H2,1H3,(H,28,30)/b22-10-. The Labute approximate surface area is 216 Å². The van der Waals surface area contributed by atoms with Gasteiger partial charge in [0.1, 0.15) is 5.75 Å². The van der Waals surface area contributed by atoms with Gasteiger partial charge in [0.15, 0.2) is 10.9 Å². The van der Waals surface area contributed by atoms with Crippen LogP contribution >= 0.6 is 47.2 Å². The van der Waals surface area contributed by atoms with Gasteiger partial charge < -0.3 is 10.1 Å². The Kier molecular flexibility index (Phi) is 7.58. The highest BCUT2D eigenvalue weighted by Crippen LogP contribution is 2.37. The van der Waals surface area contributed by atoms with Gasteiger partial charge in [-0.15, -0.1) is 0 Å². The smallest absolute Gasteiger partial charge is 0.270 e. The molecule has 2 amide bonds. The molecule has 4 rings (SSSR count). The lowest BCUT2D eigenvalue weighted by molar-refractivity contribution is -0.118. The average molecular weight is 529 g/mol. The van der Waals surface area contributed by atoms with Crippen LogP contribution < -0.4 is 15.0 Å². The number of nitrogens with one attached hydrogen (secondary N) is 1. The monoisotopic (exact) mass is 528 g/mol. The molecular weight excluding hydrogens is 511 g/mol. The van der Waals surface area contributed by atoms with Crippen LogP contribution in [0.5, 0.6) is 5.75 Å². The van der Waals surface area contributed by atoms with Crippen LogP contribution in [0.3, 0.4) is 0 Å². The van der Waals surface area contributed by atoms with Gasteiger partial charge in [-0.05, 0) is 60.5 Å². The van der Waals surface area contributed by atoms with E-state index < -0.39 is 0 Å². The van der Waals surface area contributed by atoms with Gasteiger partial charge in [0.2, 0.25) is 0 Å². The summed E-state index contributed by atoms with van der Waals surface area (Å²) < 4.78 is 6.05. The molecule has 1 heterocycles. The molecule has 1 aliphatic rings. The Balaban J connectivity index is 1.38. The number of nitrogens with zero attached hydrogens (tertiary/aromatic N) is 1. The number of para-hydroxylation sites is 1. The number of carbonyl (C=O) groups excluding carboxylic acids is 2. The summed E-state index contributed by atoms with van der Waals surface area (Å²) in [4.78, 5) is 27.2. The van der Waals surface area contributed by atoms with Crippen molar-refractivity contribution in [1.82, 2.24) is 0 Å². The maximum atomic E-state index is 13.0. The number of thiocarbonyl (C=S) groups is 1. The Morgan fingerprint density at radius 2 is 1.76 bits per heavy atom. The average Bonchev–Trinajstić information content (AvgIpc) is 3.05. The van der Waals surface area contributed by atoms with Crippen LogP contribution in [0.15, 0.2) is 71.6 Å².